The van der Waals surface area contributed by atoms with E-state index in [2.05, 4.69) is 15.4 Å². The van der Waals surface area contributed by atoms with Crippen molar-refractivity contribution in [3.63, 3.8) is 0 Å². The fourth-order valence-corrected chi connectivity index (χ4v) is 2.89. The quantitative estimate of drug-likeness (QED) is 0.737. The zero-order valence-corrected chi connectivity index (χ0v) is 14.8. The summed E-state index contributed by atoms with van der Waals surface area (Å²) in [5.74, 6) is -0.295. The molecule has 26 heavy (non-hydrogen) atoms. The molecule has 6 heteroatoms. The molecule has 3 aromatic rings. The van der Waals surface area contributed by atoms with Crippen LogP contribution in [0.4, 0.5) is 4.39 Å². The van der Waals surface area contributed by atoms with Crippen molar-refractivity contribution >= 4 is 5.91 Å². The van der Waals surface area contributed by atoms with E-state index in [9.17, 15) is 9.18 Å². The largest absolute Gasteiger partial charge is 0.345 e. The Morgan fingerprint density at radius 2 is 1.88 bits per heavy atom. The monoisotopic (exact) mass is 352 g/mol. The maximum atomic E-state index is 13.2. The van der Waals surface area contributed by atoms with Crippen molar-refractivity contribution in [1.29, 1.82) is 0 Å². The molecule has 1 amide bonds. The molecular formula is C20H21FN4O. The normalized spacial score (nSPS) is 12.2. The first-order chi connectivity index (χ1) is 12.5. The van der Waals surface area contributed by atoms with Crippen LogP contribution in [-0.2, 0) is 6.54 Å². The topological polar surface area (TPSA) is 59.8 Å². The lowest BCUT2D eigenvalue weighted by Gasteiger charge is -2.23. The Kier molecular flexibility index (Phi) is 5.41. The molecular weight excluding hydrogens is 331 g/mol. The van der Waals surface area contributed by atoms with Crippen molar-refractivity contribution in [2.24, 2.45) is 5.92 Å². The standard InChI is InChI=1S/C20H21FN4O/c1-14(2)19(15-7-9-17(21)10-8-15)24-20(26)18-6-4-3-5-16(18)11-25-13-22-12-23-25/h3-10,12-14,19H,11H2,1-2H3,(H,24,26)/t19-/m0/s1. The van der Waals surface area contributed by atoms with Gasteiger partial charge in [0.15, 0.2) is 0 Å². The number of halogens is 1. The van der Waals surface area contributed by atoms with E-state index in [0.29, 0.717) is 12.1 Å². The number of rotatable bonds is 6. The third kappa shape index (κ3) is 4.14. The van der Waals surface area contributed by atoms with Crippen LogP contribution in [0.25, 0.3) is 0 Å². The summed E-state index contributed by atoms with van der Waals surface area (Å²) in [6, 6.07) is 13.5. The number of carbonyl (C=O) groups excluding carboxylic acids is 1. The molecule has 0 aliphatic heterocycles. The molecule has 2 aromatic carbocycles. The van der Waals surface area contributed by atoms with Gasteiger partial charge < -0.3 is 5.32 Å². The van der Waals surface area contributed by atoms with Crippen LogP contribution in [-0.4, -0.2) is 20.7 Å². The molecule has 0 saturated heterocycles. The Morgan fingerprint density at radius 1 is 1.15 bits per heavy atom. The van der Waals surface area contributed by atoms with Crippen molar-refractivity contribution < 1.29 is 9.18 Å². The minimum Gasteiger partial charge on any atom is -0.345 e. The van der Waals surface area contributed by atoms with E-state index in [1.54, 1.807) is 29.2 Å². The fraction of sp³-hybridized carbons (Fsp3) is 0.250. The first-order valence-corrected chi connectivity index (χ1v) is 8.51. The van der Waals surface area contributed by atoms with Crippen molar-refractivity contribution in [2.45, 2.75) is 26.4 Å². The highest BCUT2D eigenvalue weighted by Gasteiger charge is 2.20. The highest BCUT2D eigenvalue weighted by molar-refractivity contribution is 5.96. The van der Waals surface area contributed by atoms with Crippen molar-refractivity contribution in [2.75, 3.05) is 0 Å². The number of nitrogens with one attached hydrogen (secondary N) is 1. The van der Waals surface area contributed by atoms with Crippen LogP contribution in [0, 0.1) is 11.7 Å². The fourth-order valence-electron chi connectivity index (χ4n) is 2.89. The van der Waals surface area contributed by atoms with Gasteiger partial charge in [0.25, 0.3) is 5.91 Å². The number of carbonyl (C=O) groups is 1. The van der Waals surface area contributed by atoms with Gasteiger partial charge in [-0.2, -0.15) is 5.10 Å². The van der Waals surface area contributed by atoms with E-state index in [4.69, 9.17) is 0 Å². The van der Waals surface area contributed by atoms with Gasteiger partial charge in [-0.1, -0.05) is 44.2 Å². The van der Waals surface area contributed by atoms with Crippen LogP contribution in [0.15, 0.2) is 61.2 Å². The van der Waals surface area contributed by atoms with Crippen molar-refractivity contribution in [1.82, 2.24) is 20.1 Å². The maximum absolute atomic E-state index is 13.2. The van der Waals surface area contributed by atoms with E-state index >= 15 is 0 Å². The summed E-state index contributed by atoms with van der Waals surface area (Å²) < 4.78 is 14.9. The summed E-state index contributed by atoms with van der Waals surface area (Å²) in [5.41, 5.74) is 2.33. The van der Waals surface area contributed by atoms with Gasteiger partial charge >= 0.3 is 0 Å². The van der Waals surface area contributed by atoms with Gasteiger partial charge in [-0.3, -0.25) is 4.79 Å². The lowest BCUT2D eigenvalue weighted by Crippen LogP contribution is -2.32. The molecule has 0 spiro atoms. The van der Waals surface area contributed by atoms with E-state index in [-0.39, 0.29) is 23.7 Å². The molecule has 5 nitrogen and oxygen atoms in total. The molecule has 0 bridgehead atoms. The first kappa shape index (κ1) is 17.8. The molecule has 0 unspecified atom stereocenters. The molecule has 1 atom stereocenters. The molecule has 1 heterocycles. The summed E-state index contributed by atoms with van der Waals surface area (Å²) in [5, 5.41) is 7.18. The van der Waals surface area contributed by atoms with E-state index in [0.717, 1.165) is 11.1 Å². The van der Waals surface area contributed by atoms with Gasteiger partial charge in [0.05, 0.1) is 12.6 Å². The second-order valence-electron chi connectivity index (χ2n) is 6.50. The van der Waals surface area contributed by atoms with Gasteiger partial charge in [0, 0.05) is 5.56 Å². The zero-order chi connectivity index (χ0) is 18.5. The summed E-state index contributed by atoms with van der Waals surface area (Å²) in [6.45, 7) is 4.51. The van der Waals surface area contributed by atoms with Gasteiger partial charge in [0.2, 0.25) is 0 Å². The number of aromatic nitrogens is 3. The Balaban J connectivity index is 1.83. The van der Waals surface area contributed by atoms with E-state index in [1.807, 2.05) is 32.0 Å². The number of hydrogen-bond donors (Lipinski definition) is 1. The van der Waals surface area contributed by atoms with Crippen molar-refractivity contribution in [3.05, 3.63) is 83.7 Å². The van der Waals surface area contributed by atoms with Gasteiger partial charge in [0.1, 0.15) is 18.5 Å². The molecule has 134 valence electrons. The van der Waals surface area contributed by atoms with Crippen LogP contribution in [0.5, 0.6) is 0 Å². The SMILES string of the molecule is CC(C)[C@H](NC(=O)c1ccccc1Cn1cncn1)c1ccc(F)cc1. The molecule has 0 radical (unpaired) electrons. The number of benzene rings is 2. The lowest BCUT2D eigenvalue weighted by molar-refractivity contribution is 0.0924. The predicted octanol–water partition coefficient (Wildman–Crippen LogP) is 3.59. The Bertz CT molecular complexity index is 860. The second-order valence-corrected chi connectivity index (χ2v) is 6.50. The Hall–Kier alpha value is -3.02. The Labute approximate surface area is 151 Å². The first-order valence-electron chi connectivity index (χ1n) is 8.51. The predicted molar refractivity (Wildman–Crippen MR) is 97.0 cm³/mol. The highest BCUT2D eigenvalue weighted by atomic mass is 19.1. The number of nitrogens with zero attached hydrogens (tertiary/aromatic N) is 3. The third-order valence-corrected chi connectivity index (χ3v) is 4.24. The van der Waals surface area contributed by atoms with Crippen molar-refractivity contribution in [3.8, 4) is 0 Å². The molecule has 0 fully saturated rings. The average molecular weight is 352 g/mol. The summed E-state index contributed by atoms with van der Waals surface area (Å²) in [7, 11) is 0. The van der Waals surface area contributed by atoms with Crippen LogP contribution in [0.1, 0.15) is 41.4 Å². The summed E-state index contributed by atoms with van der Waals surface area (Å²) >= 11 is 0. The highest BCUT2D eigenvalue weighted by Crippen LogP contribution is 2.23. The van der Waals surface area contributed by atoms with Crippen LogP contribution in [0.3, 0.4) is 0 Å². The summed E-state index contributed by atoms with van der Waals surface area (Å²) in [4.78, 5) is 16.9. The Morgan fingerprint density at radius 3 is 2.54 bits per heavy atom. The third-order valence-electron chi connectivity index (χ3n) is 4.24. The molecule has 0 aliphatic rings. The molecule has 0 saturated carbocycles. The summed E-state index contributed by atoms with van der Waals surface area (Å²) in [6.07, 6.45) is 3.08. The lowest BCUT2D eigenvalue weighted by atomic mass is 9.95. The minimum absolute atomic E-state index is 0.159. The number of hydrogen-bond acceptors (Lipinski definition) is 3. The van der Waals surface area contributed by atoms with Crippen LogP contribution in [0.2, 0.25) is 0 Å². The van der Waals surface area contributed by atoms with Crippen LogP contribution >= 0.6 is 0 Å². The van der Waals surface area contributed by atoms with Gasteiger partial charge in [-0.05, 0) is 35.2 Å². The van der Waals surface area contributed by atoms with Crippen LogP contribution < -0.4 is 5.32 Å². The molecule has 3 rings (SSSR count). The molecule has 1 aromatic heterocycles. The molecule has 0 aliphatic carbocycles. The van der Waals surface area contributed by atoms with E-state index in [1.165, 1.54) is 18.5 Å². The minimum atomic E-state index is -0.291. The average Bonchev–Trinajstić information content (AvgIpc) is 3.14. The van der Waals surface area contributed by atoms with E-state index < -0.39 is 0 Å². The smallest absolute Gasteiger partial charge is 0.252 e. The van der Waals surface area contributed by atoms with Gasteiger partial charge in [-0.15, -0.1) is 0 Å². The number of amides is 1. The zero-order valence-electron chi connectivity index (χ0n) is 14.8. The molecule has 1 N–H and O–H groups in total. The maximum Gasteiger partial charge on any atom is 0.252 e. The second kappa shape index (κ2) is 7.91. The van der Waals surface area contributed by atoms with Gasteiger partial charge in [-0.25, -0.2) is 14.1 Å².